The highest BCUT2D eigenvalue weighted by molar-refractivity contribution is 7.57. The van der Waals surface area contributed by atoms with E-state index in [2.05, 4.69) is 17.2 Å². The average Bonchev–Trinajstić information content (AvgIpc) is 2.47. The summed E-state index contributed by atoms with van der Waals surface area (Å²) in [7, 11) is 0. The van der Waals surface area contributed by atoms with E-state index in [0.29, 0.717) is 16.7 Å². The van der Waals surface area contributed by atoms with Gasteiger partial charge in [0.2, 0.25) is 0 Å². The molecule has 5 heteroatoms. The molecule has 0 N–H and O–H groups in total. The summed E-state index contributed by atoms with van der Waals surface area (Å²) in [6.07, 6.45) is 1.29. The maximum Gasteiger partial charge on any atom is 0.170 e. The van der Waals surface area contributed by atoms with Gasteiger partial charge in [-0.3, -0.25) is 0 Å². The Bertz CT molecular complexity index is 548. The Kier molecular flexibility index (Phi) is 2.40. The summed E-state index contributed by atoms with van der Waals surface area (Å²) in [5.41, 5.74) is 0.649. The lowest BCUT2D eigenvalue weighted by atomic mass is 10.1. The van der Waals surface area contributed by atoms with E-state index in [1.165, 1.54) is 12.3 Å². The number of benzene rings is 1. The largest absolute Gasteiger partial charge is 0.669 e. The quantitative estimate of drug-likeness (QED) is 0.552. The van der Waals surface area contributed by atoms with Crippen LogP contribution in [0.3, 0.4) is 0 Å². The zero-order chi connectivity index (χ0) is 11.0. The number of nitrogens with zero attached hydrogens (tertiary/aromatic N) is 1. The molecule has 1 aromatic heterocycles. The minimum absolute atomic E-state index is 0.0267. The maximum absolute atomic E-state index is 13.3. The highest BCUT2D eigenvalue weighted by Crippen LogP contribution is 2.27. The lowest BCUT2D eigenvalue weighted by Crippen LogP contribution is -1.81. The third-order valence-corrected chi connectivity index (χ3v) is 2.27. The first-order valence-corrected chi connectivity index (χ1v) is 4.54. The van der Waals surface area contributed by atoms with Gasteiger partial charge in [-0.05, 0) is 13.0 Å². The highest BCUT2D eigenvalue weighted by atomic mass is 32.1. The molecule has 2 nitrogen and oxygen atoms in total. The summed E-state index contributed by atoms with van der Waals surface area (Å²) in [6.45, 7) is 1.69. The van der Waals surface area contributed by atoms with Gasteiger partial charge in [-0.15, -0.1) is 0 Å². The van der Waals surface area contributed by atoms with Gasteiger partial charge in [0.25, 0.3) is 0 Å². The Morgan fingerprint density at radius 2 is 2.13 bits per heavy atom. The van der Waals surface area contributed by atoms with Gasteiger partial charge in [-0.2, -0.15) is 0 Å². The van der Waals surface area contributed by atoms with E-state index in [4.69, 9.17) is 4.42 Å². The van der Waals surface area contributed by atoms with Crippen molar-refractivity contribution in [1.82, 2.24) is 0 Å². The van der Waals surface area contributed by atoms with Crippen molar-refractivity contribution in [3.63, 3.8) is 0 Å². The Morgan fingerprint density at radius 3 is 2.80 bits per heavy atom. The van der Waals surface area contributed by atoms with E-state index in [1.807, 2.05) is 0 Å². The van der Waals surface area contributed by atoms with Gasteiger partial charge in [-0.25, -0.2) is 8.78 Å². The fourth-order valence-corrected chi connectivity index (χ4v) is 1.53. The van der Waals surface area contributed by atoms with Crippen LogP contribution in [0.5, 0.6) is 0 Å². The van der Waals surface area contributed by atoms with Gasteiger partial charge in [0, 0.05) is 23.2 Å². The molecule has 0 unspecified atom stereocenters. The van der Waals surface area contributed by atoms with Crippen LogP contribution in [0.15, 0.2) is 20.9 Å². The van der Waals surface area contributed by atoms with Crippen LogP contribution < -0.4 is 0 Å². The smallest absolute Gasteiger partial charge is 0.170 e. The van der Waals surface area contributed by atoms with Crippen LogP contribution in [0.25, 0.3) is 11.0 Å². The van der Waals surface area contributed by atoms with Crippen molar-refractivity contribution >= 4 is 30.0 Å². The molecule has 0 amide bonds. The number of rotatable bonds is 1. The van der Waals surface area contributed by atoms with Crippen LogP contribution in [0.4, 0.5) is 8.78 Å². The van der Waals surface area contributed by atoms with Crippen molar-refractivity contribution in [1.29, 1.82) is 0 Å². The third-order valence-electron chi connectivity index (χ3n) is 2.16. The predicted molar refractivity (Wildman–Crippen MR) is 55.8 cm³/mol. The summed E-state index contributed by atoms with van der Waals surface area (Å²) in [4.78, 5) is 0. The molecule has 0 saturated heterocycles. The van der Waals surface area contributed by atoms with Crippen LogP contribution in [-0.4, -0.2) is 6.21 Å². The minimum Gasteiger partial charge on any atom is -0.669 e. The Hall–Kier alpha value is -1.49. The van der Waals surface area contributed by atoms with Crippen molar-refractivity contribution in [3.8, 4) is 0 Å². The zero-order valence-corrected chi connectivity index (χ0v) is 8.57. The van der Waals surface area contributed by atoms with Crippen LogP contribution in [0.2, 0.25) is 0 Å². The Morgan fingerprint density at radius 1 is 1.40 bits per heavy atom. The SMILES string of the molecule is Cc1c(/C=N\[S-])oc2c(F)cc(F)cc12. The number of aryl methyl sites for hydroxylation is 1. The van der Waals surface area contributed by atoms with Gasteiger partial charge in [-0.1, -0.05) is 0 Å². The molecule has 0 fully saturated rings. The summed E-state index contributed by atoms with van der Waals surface area (Å²) in [5, 5.41) is 0.400. The molecule has 1 aromatic carbocycles. The third kappa shape index (κ3) is 1.59. The van der Waals surface area contributed by atoms with Crippen LogP contribution in [0.1, 0.15) is 11.3 Å². The molecule has 78 valence electrons. The average molecular weight is 226 g/mol. The second-order valence-corrected chi connectivity index (χ2v) is 3.30. The standard InChI is InChI=1S/C10H7F2NOS/c1-5-7-2-6(11)3-8(12)10(7)14-9(5)4-13-15/h2-4,15H,1H3/p-1/b13-4-. The minimum atomic E-state index is -0.725. The molecule has 0 bridgehead atoms. The van der Waals surface area contributed by atoms with E-state index >= 15 is 0 Å². The molecule has 2 rings (SSSR count). The van der Waals surface area contributed by atoms with Crippen LogP contribution in [-0.2, 0) is 12.8 Å². The van der Waals surface area contributed by atoms with Crippen molar-refractivity contribution in [2.75, 3.05) is 0 Å². The molecular weight excluding hydrogens is 220 g/mol. The molecule has 2 aromatic rings. The molecule has 0 saturated carbocycles. The number of furan rings is 1. The predicted octanol–water partition coefficient (Wildman–Crippen LogP) is 2.90. The van der Waals surface area contributed by atoms with E-state index in [0.717, 1.165) is 6.07 Å². The number of halogens is 2. The summed E-state index contributed by atoms with van der Waals surface area (Å²) < 4.78 is 34.7. The van der Waals surface area contributed by atoms with Crippen molar-refractivity contribution in [2.24, 2.45) is 4.40 Å². The van der Waals surface area contributed by atoms with Crippen molar-refractivity contribution < 1.29 is 13.2 Å². The molecule has 0 radical (unpaired) electrons. The van der Waals surface area contributed by atoms with Gasteiger partial charge < -0.3 is 21.6 Å². The van der Waals surface area contributed by atoms with Gasteiger partial charge in [0.05, 0.1) is 0 Å². The fraction of sp³-hybridized carbons (Fsp3) is 0.100. The van der Waals surface area contributed by atoms with E-state index in [1.54, 1.807) is 6.92 Å². The molecule has 0 aliphatic heterocycles. The highest BCUT2D eigenvalue weighted by Gasteiger charge is 2.13. The first-order chi connectivity index (χ1) is 7.13. The van der Waals surface area contributed by atoms with Gasteiger partial charge >= 0.3 is 0 Å². The van der Waals surface area contributed by atoms with E-state index < -0.39 is 11.6 Å². The summed E-state index contributed by atoms with van der Waals surface area (Å²) >= 11 is 4.40. The number of fused-ring (bicyclic) bond motifs is 1. The van der Waals surface area contributed by atoms with E-state index in [-0.39, 0.29) is 5.58 Å². The molecule has 0 atom stereocenters. The second-order valence-electron chi connectivity index (χ2n) is 3.09. The van der Waals surface area contributed by atoms with E-state index in [9.17, 15) is 8.78 Å². The Labute approximate surface area is 90.2 Å². The molecule has 0 aliphatic rings. The Balaban J connectivity index is 2.81. The molecule has 0 aliphatic carbocycles. The maximum atomic E-state index is 13.3. The molecular formula is C10H6F2NOS-. The van der Waals surface area contributed by atoms with Crippen molar-refractivity contribution in [2.45, 2.75) is 6.92 Å². The number of hydrogen-bond acceptors (Lipinski definition) is 3. The number of hydrogen-bond donors (Lipinski definition) is 0. The zero-order valence-electron chi connectivity index (χ0n) is 7.75. The summed E-state index contributed by atoms with van der Waals surface area (Å²) in [5.74, 6) is -1.01. The topological polar surface area (TPSA) is 25.5 Å². The van der Waals surface area contributed by atoms with Crippen LogP contribution in [0, 0.1) is 18.6 Å². The fourth-order valence-electron chi connectivity index (χ4n) is 1.43. The molecule has 0 spiro atoms. The molecule has 15 heavy (non-hydrogen) atoms. The first-order valence-electron chi connectivity index (χ1n) is 4.17. The van der Waals surface area contributed by atoms with Gasteiger partial charge in [0.15, 0.2) is 11.4 Å². The second kappa shape index (κ2) is 3.58. The van der Waals surface area contributed by atoms with Crippen molar-refractivity contribution in [3.05, 3.63) is 35.1 Å². The lowest BCUT2D eigenvalue weighted by molar-refractivity contribution is 0.543. The van der Waals surface area contributed by atoms with Gasteiger partial charge in [0.1, 0.15) is 11.6 Å². The first kappa shape index (κ1) is 10.0. The monoisotopic (exact) mass is 226 g/mol. The lowest BCUT2D eigenvalue weighted by Gasteiger charge is -1.92. The normalized spacial score (nSPS) is 11.7. The summed E-state index contributed by atoms with van der Waals surface area (Å²) in [6, 6.07) is 2.00. The molecule has 1 heterocycles. The van der Waals surface area contributed by atoms with Crippen LogP contribution >= 0.6 is 0 Å².